The van der Waals surface area contributed by atoms with Crippen molar-refractivity contribution in [1.82, 2.24) is 58.6 Å². The van der Waals surface area contributed by atoms with E-state index in [0.717, 1.165) is 161 Å². The number of hydrogen-bond acceptors (Lipinski definition) is 10. The third kappa shape index (κ3) is 16.1. The third-order valence-electron chi connectivity index (χ3n) is 27.3. The Balaban J connectivity index is 0.000000112. The maximum atomic E-state index is 6.22. The molecule has 0 fully saturated rings. The largest absolute Gasteiger partial charge is 0.456 e. The normalized spacial score (nSPS) is 11.4. The van der Waals surface area contributed by atoms with E-state index in [1.54, 1.807) is 0 Å². The molecule has 13 nitrogen and oxygen atoms in total. The van der Waals surface area contributed by atoms with E-state index in [0.29, 0.717) is 52.4 Å². The summed E-state index contributed by atoms with van der Waals surface area (Å²) in [5.74, 6) is 5.77. The van der Waals surface area contributed by atoms with Gasteiger partial charge in [0.25, 0.3) is 0 Å². The number of benzene rings is 21. The lowest BCUT2D eigenvalue weighted by Crippen LogP contribution is -2.00. The molecular weight excluding hydrogens is 1780 g/mol. The zero-order valence-corrected chi connectivity index (χ0v) is 78.9. The van der Waals surface area contributed by atoms with Crippen molar-refractivity contribution in [2.75, 3.05) is 0 Å². The minimum atomic E-state index is 0.626. The van der Waals surface area contributed by atoms with E-state index < -0.39 is 0 Å². The maximum absolute atomic E-state index is 6.22. The van der Waals surface area contributed by atoms with Gasteiger partial charge in [0.05, 0.1) is 33.1 Å². The molecule has 0 aliphatic carbocycles. The fourth-order valence-electron chi connectivity index (χ4n) is 20.7. The van der Waals surface area contributed by atoms with Crippen LogP contribution in [0.25, 0.3) is 262 Å². The second-order valence-corrected chi connectivity index (χ2v) is 36.1. The van der Waals surface area contributed by atoms with Gasteiger partial charge in [-0.2, -0.15) is 0 Å². The molecule has 28 rings (SSSR count). The van der Waals surface area contributed by atoms with Crippen LogP contribution in [0.2, 0.25) is 0 Å². The van der Waals surface area contributed by atoms with Gasteiger partial charge >= 0.3 is 0 Å². The molecular formula is C133H86N12O. The van der Waals surface area contributed by atoms with Crippen LogP contribution in [0.4, 0.5) is 0 Å². The van der Waals surface area contributed by atoms with Crippen molar-refractivity contribution in [3.05, 3.63) is 522 Å². The molecule has 0 unspecified atom stereocenters. The van der Waals surface area contributed by atoms with E-state index in [1.165, 1.54) is 49.2 Å². The average Bonchev–Trinajstić information content (AvgIpc) is 1.58. The number of fused-ring (bicyclic) bond motifs is 13. The smallest absolute Gasteiger partial charge is 0.164 e. The van der Waals surface area contributed by atoms with E-state index in [4.69, 9.17) is 49.3 Å². The molecule has 0 bridgehead atoms. The van der Waals surface area contributed by atoms with Crippen LogP contribution in [0, 0.1) is 0 Å². The predicted octanol–water partition coefficient (Wildman–Crippen LogP) is 33.6. The van der Waals surface area contributed by atoms with Crippen LogP contribution in [-0.4, -0.2) is 58.6 Å². The van der Waals surface area contributed by atoms with Crippen LogP contribution in [0.1, 0.15) is 0 Å². The van der Waals surface area contributed by atoms with Gasteiger partial charge < -0.3 is 18.1 Å². The van der Waals surface area contributed by atoms with Crippen LogP contribution in [0.15, 0.2) is 526 Å². The summed E-state index contributed by atoms with van der Waals surface area (Å²) in [6.07, 6.45) is 0. The van der Waals surface area contributed by atoms with E-state index in [-0.39, 0.29) is 0 Å². The van der Waals surface area contributed by atoms with Gasteiger partial charge in [-0.3, -0.25) is 0 Å². The molecule has 0 N–H and O–H groups in total. The van der Waals surface area contributed by atoms with Crippen molar-refractivity contribution in [3.63, 3.8) is 0 Å². The first-order valence-electron chi connectivity index (χ1n) is 49.0. The summed E-state index contributed by atoms with van der Waals surface area (Å²) in [5, 5.41) is 11.6. The van der Waals surface area contributed by atoms with E-state index >= 15 is 0 Å². The lowest BCUT2D eigenvalue weighted by atomic mass is 9.94. The standard InChI is InChI=1S/C49H32N4.C45H28N4O.C39H26N4/c1-4-16-34(17-5-1)41-25-13-27-43-45(41)46-42(26-14-28-44(46)53(43)40-30-29-33-15-10-11-22-37(33)32-40)38-23-12-24-39(31-38)49-51-47(35-18-6-2-7-19-35)50-48(52-49)36-20-8-3-9-21-36;1-4-14-29(15-5-1)33-21-12-23-37-41(33)42-35(45-47-43(30-16-6-2-7-17-30)46-44(48-45)31-18-8-3-9-19-31)22-13-24-38(42)49(37)32-26-27-40-36(28-32)34-20-10-11-25-39(34)50-40;1-5-15-27(16-6-1)31-23-13-25-33-35(31)36-32(24-14-26-34(36)43(33)30-21-11-4-12-22-30)39-41-37(28-17-7-2-8-18-28)40-38(42-39)29-19-9-3-10-20-29/h1-32H;1-28H;1-26H. The average molecular weight is 1870 g/mol. The van der Waals surface area contributed by atoms with Gasteiger partial charge in [0, 0.05) is 110 Å². The highest BCUT2D eigenvalue weighted by Gasteiger charge is 2.28. The first-order chi connectivity index (χ1) is 72.4. The zero-order valence-electron chi connectivity index (χ0n) is 78.9. The molecule has 0 amide bonds. The third-order valence-corrected chi connectivity index (χ3v) is 27.3. The Morgan fingerprint density at radius 2 is 0.384 bits per heavy atom. The quantitative estimate of drug-likeness (QED) is 0.0917. The van der Waals surface area contributed by atoms with Crippen molar-refractivity contribution in [3.8, 4) is 164 Å². The summed E-state index contributed by atoms with van der Waals surface area (Å²) in [7, 11) is 0. The monoisotopic (exact) mass is 1870 g/mol. The summed E-state index contributed by atoms with van der Waals surface area (Å²) in [4.78, 5) is 45.5. The highest BCUT2D eigenvalue weighted by Crippen LogP contribution is 2.49. The molecule has 0 saturated carbocycles. The van der Waals surface area contributed by atoms with Crippen molar-refractivity contribution in [1.29, 1.82) is 0 Å². The number of aromatic nitrogens is 12. The molecule has 28 aromatic rings. The summed E-state index contributed by atoms with van der Waals surface area (Å²) in [6.45, 7) is 0. The number of furan rings is 1. The molecule has 146 heavy (non-hydrogen) atoms. The number of nitrogens with zero attached hydrogens (tertiary/aromatic N) is 12. The van der Waals surface area contributed by atoms with E-state index in [2.05, 4.69) is 341 Å². The Bertz CT molecular complexity index is 9600. The van der Waals surface area contributed by atoms with E-state index in [9.17, 15) is 0 Å². The van der Waals surface area contributed by atoms with Gasteiger partial charge in [-0.25, -0.2) is 44.9 Å². The molecule has 21 aromatic carbocycles. The first-order valence-corrected chi connectivity index (χ1v) is 49.0. The van der Waals surface area contributed by atoms with Gasteiger partial charge in [0.15, 0.2) is 52.4 Å². The molecule has 0 atom stereocenters. The van der Waals surface area contributed by atoms with Crippen LogP contribution >= 0.6 is 0 Å². The van der Waals surface area contributed by atoms with Crippen molar-refractivity contribution >= 4 is 98.1 Å². The fraction of sp³-hybridized carbons (Fsp3) is 0. The summed E-state index contributed by atoms with van der Waals surface area (Å²) in [5.41, 5.74) is 29.5. The predicted molar refractivity (Wildman–Crippen MR) is 598 cm³/mol. The lowest BCUT2D eigenvalue weighted by Gasteiger charge is -2.11. The molecule has 7 aromatic heterocycles. The van der Waals surface area contributed by atoms with E-state index in [1.807, 2.05) is 194 Å². The Morgan fingerprint density at radius 3 is 0.753 bits per heavy atom. The Labute approximate surface area is 841 Å². The summed E-state index contributed by atoms with van der Waals surface area (Å²) < 4.78 is 13.3. The van der Waals surface area contributed by atoms with Crippen LogP contribution < -0.4 is 0 Å². The Kier molecular flexibility index (Phi) is 22.3. The lowest BCUT2D eigenvalue weighted by molar-refractivity contribution is 0.669. The molecule has 0 aliphatic heterocycles. The molecule has 0 aliphatic rings. The molecule has 0 spiro atoms. The number of rotatable bonds is 16. The van der Waals surface area contributed by atoms with Crippen molar-refractivity contribution in [2.24, 2.45) is 0 Å². The highest BCUT2D eigenvalue weighted by molar-refractivity contribution is 6.24. The molecule has 0 radical (unpaired) electrons. The van der Waals surface area contributed by atoms with Gasteiger partial charge in [-0.15, -0.1) is 0 Å². The summed E-state index contributed by atoms with van der Waals surface area (Å²) in [6, 6.07) is 181. The van der Waals surface area contributed by atoms with Gasteiger partial charge in [-0.05, 0) is 146 Å². The maximum Gasteiger partial charge on any atom is 0.164 e. The Morgan fingerprint density at radius 1 is 0.137 bits per heavy atom. The SMILES string of the molecule is c1ccc(-c2nc(-c3ccccc3)nc(-c3cccc(-c4cccc5c4c4c(-c6ccccc6)cccc4n5-c4ccc5ccccc5c4)c3)n2)cc1.c1ccc(-c2nc(-c3ccccc3)nc(-c3cccc4c3c3c(-c5ccccc5)cccc3n4-c3ccc4oc5ccccc5c4c3)n2)cc1.c1ccc(-c2nc(-c3ccccc3)nc(-c3cccc4c3c3c(-c5ccccc5)cccc3n4-c3ccccc3)n2)cc1. The van der Waals surface area contributed by atoms with Crippen LogP contribution in [0.5, 0.6) is 0 Å². The molecule has 13 heteroatoms. The second kappa shape index (κ2) is 37.7. The molecule has 0 saturated heterocycles. The number of para-hydroxylation sites is 2. The van der Waals surface area contributed by atoms with Crippen LogP contribution in [-0.2, 0) is 0 Å². The highest BCUT2D eigenvalue weighted by atomic mass is 16.3. The van der Waals surface area contributed by atoms with Crippen molar-refractivity contribution in [2.45, 2.75) is 0 Å². The first kappa shape index (κ1) is 86.4. The topological polar surface area (TPSA) is 144 Å². The molecule has 684 valence electrons. The van der Waals surface area contributed by atoms with Crippen molar-refractivity contribution < 1.29 is 4.42 Å². The fourth-order valence-corrected chi connectivity index (χ4v) is 20.7. The second-order valence-electron chi connectivity index (χ2n) is 36.1. The zero-order chi connectivity index (χ0) is 96.7. The van der Waals surface area contributed by atoms with Crippen LogP contribution in [0.3, 0.4) is 0 Å². The number of hydrogen-bond donors (Lipinski definition) is 0. The summed E-state index contributed by atoms with van der Waals surface area (Å²) >= 11 is 0. The van der Waals surface area contributed by atoms with Gasteiger partial charge in [0.2, 0.25) is 0 Å². The Hall–Kier alpha value is -19.9. The minimum absolute atomic E-state index is 0.626. The van der Waals surface area contributed by atoms with Gasteiger partial charge in [-0.1, -0.05) is 431 Å². The molecule has 7 heterocycles. The van der Waals surface area contributed by atoms with Gasteiger partial charge in [0.1, 0.15) is 11.2 Å². The minimum Gasteiger partial charge on any atom is -0.456 e.